The molecule has 0 aromatic heterocycles. The summed E-state index contributed by atoms with van der Waals surface area (Å²) in [5.41, 5.74) is 0.740. The summed E-state index contributed by atoms with van der Waals surface area (Å²) in [4.78, 5) is 8.47. The van der Waals surface area contributed by atoms with Gasteiger partial charge in [-0.05, 0) is 38.5 Å². The summed E-state index contributed by atoms with van der Waals surface area (Å²) in [5, 5.41) is 0. The van der Waals surface area contributed by atoms with Crippen molar-refractivity contribution in [3.05, 3.63) is 27.1 Å². The van der Waals surface area contributed by atoms with Gasteiger partial charge in [0.25, 0.3) is 0 Å². The third-order valence-corrected chi connectivity index (χ3v) is 3.16. The van der Waals surface area contributed by atoms with Gasteiger partial charge in [-0.3, -0.25) is 0 Å². The summed E-state index contributed by atoms with van der Waals surface area (Å²) in [5.74, 6) is 0. The summed E-state index contributed by atoms with van der Waals surface area (Å²) < 4.78 is 1.97. The lowest BCUT2D eigenvalue weighted by atomic mass is 10.0. The molecule has 0 aliphatic heterocycles. The van der Waals surface area contributed by atoms with Crippen molar-refractivity contribution in [3.8, 4) is 0 Å². The maximum atomic E-state index is 4.28. The second-order valence-electron chi connectivity index (χ2n) is 4.12. The first-order valence-electron chi connectivity index (χ1n) is 5.07. The Morgan fingerprint density at radius 2 is 1.75 bits per heavy atom. The van der Waals surface area contributed by atoms with Gasteiger partial charge < -0.3 is 0 Å². The van der Waals surface area contributed by atoms with Crippen LogP contribution in [0.1, 0.15) is 27.2 Å². The van der Waals surface area contributed by atoms with E-state index >= 15 is 0 Å². The number of halogens is 2. The standard InChI is InChI=1S/C12H14Br2N2/c1-4-12(2,3)16-8-15-11-6-9(13)5-10(14)7-11/h5-7H,4H2,1-3H3. The van der Waals surface area contributed by atoms with Crippen LogP contribution >= 0.6 is 31.9 Å². The van der Waals surface area contributed by atoms with Gasteiger partial charge in [0.15, 0.2) is 0 Å². The Kier molecular flexibility index (Phi) is 4.90. The van der Waals surface area contributed by atoms with E-state index in [9.17, 15) is 0 Å². The highest BCUT2D eigenvalue weighted by Gasteiger charge is 2.10. The van der Waals surface area contributed by atoms with Gasteiger partial charge in [0.2, 0.25) is 0 Å². The van der Waals surface area contributed by atoms with Gasteiger partial charge in [-0.15, -0.1) is 0 Å². The fourth-order valence-electron chi connectivity index (χ4n) is 0.901. The van der Waals surface area contributed by atoms with E-state index in [4.69, 9.17) is 0 Å². The molecular weight excluding hydrogens is 332 g/mol. The maximum Gasteiger partial charge on any atom is 0.0954 e. The maximum absolute atomic E-state index is 4.28. The van der Waals surface area contributed by atoms with Crippen molar-refractivity contribution in [2.45, 2.75) is 32.7 Å². The minimum absolute atomic E-state index is 0.0905. The van der Waals surface area contributed by atoms with Crippen LogP contribution < -0.4 is 0 Å². The fraction of sp³-hybridized carbons (Fsp3) is 0.417. The number of aliphatic imine (C=N–C) groups is 2. The number of rotatable bonds is 3. The van der Waals surface area contributed by atoms with E-state index in [-0.39, 0.29) is 5.54 Å². The van der Waals surface area contributed by atoms with Gasteiger partial charge in [-0.2, -0.15) is 4.99 Å². The van der Waals surface area contributed by atoms with Crippen molar-refractivity contribution in [1.82, 2.24) is 0 Å². The zero-order valence-electron chi connectivity index (χ0n) is 9.59. The molecule has 0 unspecified atom stereocenters. The van der Waals surface area contributed by atoms with Crippen molar-refractivity contribution in [1.29, 1.82) is 0 Å². The molecule has 0 aliphatic rings. The molecule has 0 spiro atoms. The first-order chi connectivity index (χ1) is 7.43. The fourth-order valence-corrected chi connectivity index (χ4v) is 2.17. The summed E-state index contributed by atoms with van der Waals surface area (Å²) in [6, 6.07) is 8.57. The second-order valence-corrected chi connectivity index (χ2v) is 5.95. The zero-order chi connectivity index (χ0) is 12.2. The number of benzene rings is 1. The van der Waals surface area contributed by atoms with Gasteiger partial charge in [0.05, 0.1) is 17.2 Å². The molecule has 0 atom stereocenters. The molecule has 1 aromatic rings. The smallest absolute Gasteiger partial charge is 0.0954 e. The average Bonchev–Trinajstić information content (AvgIpc) is 2.16. The third-order valence-electron chi connectivity index (χ3n) is 2.24. The predicted octanol–water partition coefficient (Wildman–Crippen LogP) is 5.21. The van der Waals surface area contributed by atoms with E-state index < -0.39 is 0 Å². The van der Waals surface area contributed by atoms with Crippen LogP contribution in [-0.2, 0) is 0 Å². The van der Waals surface area contributed by atoms with Crippen LogP contribution in [0.15, 0.2) is 37.1 Å². The number of hydrogen-bond donors (Lipinski definition) is 0. The molecule has 0 radical (unpaired) electrons. The first kappa shape index (κ1) is 13.6. The Bertz CT molecular complexity index is 412. The molecular formula is C12H14Br2N2. The highest BCUT2D eigenvalue weighted by Crippen LogP contribution is 2.24. The van der Waals surface area contributed by atoms with E-state index in [0.29, 0.717) is 0 Å². The average molecular weight is 346 g/mol. The van der Waals surface area contributed by atoms with Crippen LogP contribution in [0.4, 0.5) is 5.69 Å². The predicted molar refractivity (Wildman–Crippen MR) is 75.7 cm³/mol. The molecule has 0 saturated carbocycles. The molecule has 86 valence electrons. The third kappa shape index (κ3) is 4.60. The lowest BCUT2D eigenvalue weighted by Gasteiger charge is -2.13. The monoisotopic (exact) mass is 344 g/mol. The topological polar surface area (TPSA) is 24.7 Å². The summed E-state index contributed by atoms with van der Waals surface area (Å²) in [7, 11) is 0. The Balaban J connectivity index is 2.92. The Morgan fingerprint density at radius 3 is 2.25 bits per heavy atom. The van der Waals surface area contributed by atoms with Crippen LogP contribution in [0.25, 0.3) is 0 Å². The molecule has 0 N–H and O–H groups in total. The van der Waals surface area contributed by atoms with Gasteiger partial charge in [0, 0.05) is 8.95 Å². The molecule has 1 rings (SSSR count). The van der Waals surface area contributed by atoms with E-state index in [2.05, 4.69) is 68.6 Å². The van der Waals surface area contributed by atoms with E-state index in [0.717, 1.165) is 21.1 Å². The lowest BCUT2D eigenvalue weighted by Crippen LogP contribution is -2.13. The highest BCUT2D eigenvalue weighted by atomic mass is 79.9. The van der Waals surface area contributed by atoms with Gasteiger partial charge >= 0.3 is 0 Å². The van der Waals surface area contributed by atoms with Crippen LogP contribution in [-0.4, -0.2) is 11.5 Å². The minimum atomic E-state index is -0.0905. The van der Waals surface area contributed by atoms with Crippen molar-refractivity contribution in [2.24, 2.45) is 9.98 Å². The SMILES string of the molecule is CCC(C)(C)N=C=Nc1cc(Br)cc(Br)c1. The van der Waals surface area contributed by atoms with E-state index in [1.54, 1.807) is 0 Å². The Hall–Kier alpha value is -0.440. The molecule has 0 bridgehead atoms. The Morgan fingerprint density at radius 1 is 1.19 bits per heavy atom. The first-order valence-corrected chi connectivity index (χ1v) is 6.65. The zero-order valence-corrected chi connectivity index (χ0v) is 12.8. The van der Waals surface area contributed by atoms with E-state index in [1.807, 2.05) is 18.2 Å². The van der Waals surface area contributed by atoms with E-state index in [1.165, 1.54) is 0 Å². The molecule has 16 heavy (non-hydrogen) atoms. The molecule has 0 fully saturated rings. The van der Waals surface area contributed by atoms with Crippen molar-refractivity contribution >= 4 is 43.6 Å². The summed E-state index contributed by atoms with van der Waals surface area (Å²) in [6.07, 6.45) is 0.970. The van der Waals surface area contributed by atoms with Crippen LogP contribution in [0, 0.1) is 0 Å². The van der Waals surface area contributed by atoms with Crippen molar-refractivity contribution < 1.29 is 0 Å². The molecule has 2 nitrogen and oxygen atoms in total. The molecule has 0 amide bonds. The number of hydrogen-bond acceptors (Lipinski definition) is 2. The second kappa shape index (κ2) is 5.76. The normalized spacial score (nSPS) is 10.8. The van der Waals surface area contributed by atoms with Crippen LogP contribution in [0.2, 0.25) is 0 Å². The molecule has 0 heterocycles. The molecule has 4 heteroatoms. The molecule has 1 aromatic carbocycles. The van der Waals surface area contributed by atoms with Crippen LogP contribution in [0.3, 0.4) is 0 Å². The van der Waals surface area contributed by atoms with Crippen LogP contribution in [0.5, 0.6) is 0 Å². The molecule has 0 aliphatic carbocycles. The summed E-state index contributed by atoms with van der Waals surface area (Å²) >= 11 is 6.82. The summed E-state index contributed by atoms with van der Waals surface area (Å²) in [6.45, 7) is 6.22. The lowest BCUT2D eigenvalue weighted by molar-refractivity contribution is 0.508. The van der Waals surface area contributed by atoms with Crippen molar-refractivity contribution in [2.75, 3.05) is 0 Å². The minimum Gasteiger partial charge on any atom is -0.219 e. The number of nitrogens with zero attached hydrogens (tertiary/aromatic N) is 2. The molecule has 0 saturated heterocycles. The Labute approximate surface area is 113 Å². The van der Waals surface area contributed by atoms with Gasteiger partial charge in [-0.25, -0.2) is 4.99 Å². The largest absolute Gasteiger partial charge is 0.219 e. The quantitative estimate of drug-likeness (QED) is 0.672. The highest BCUT2D eigenvalue weighted by molar-refractivity contribution is 9.11. The van der Waals surface area contributed by atoms with Crippen molar-refractivity contribution in [3.63, 3.8) is 0 Å². The van der Waals surface area contributed by atoms with Gasteiger partial charge in [0.1, 0.15) is 0 Å². The van der Waals surface area contributed by atoms with Gasteiger partial charge in [-0.1, -0.05) is 38.8 Å².